The molecule has 6 nitrogen and oxygen atoms in total. The monoisotopic (exact) mass is 300 g/mol. The number of hydrogen-bond donors (Lipinski definition) is 2. The number of thiophene rings is 1. The Hall–Kier alpha value is -1.22. The van der Waals surface area contributed by atoms with Gasteiger partial charge in [0.15, 0.2) is 0 Å². The molecule has 0 spiro atoms. The van der Waals surface area contributed by atoms with Crippen molar-refractivity contribution in [3.63, 3.8) is 0 Å². The Kier molecular flexibility index (Phi) is 4.35. The van der Waals surface area contributed by atoms with E-state index in [1.54, 1.807) is 11.3 Å². The molecule has 2 aromatic rings. The average Bonchev–Trinajstić information content (AvgIpc) is 2.97. The van der Waals surface area contributed by atoms with Gasteiger partial charge in [-0.15, -0.1) is 0 Å². The molecular formula is C11H16N4O2S2. The minimum absolute atomic E-state index is 0.161. The van der Waals surface area contributed by atoms with E-state index in [0.717, 1.165) is 11.1 Å². The number of sulfonamides is 1. The molecule has 0 bridgehead atoms. The molecular weight excluding hydrogens is 284 g/mol. The molecule has 0 aliphatic carbocycles. The lowest BCUT2D eigenvalue weighted by atomic mass is 10.2. The maximum atomic E-state index is 12.1. The lowest BCUT2D eigenvalue weighted by Crippen LogP contribution is -2.23. The largest absolute Gasteiger partial charge is 0.329 e. The smallest absolute Gasteiger partial charge is 0.243 e. The third kappa shape index (κ3) is 3.41. The fourth-order valence-electron chi connectivity index (χ4n) is 1.56. The number of nitrogens with one attached hydrogen (secondary N) is 1. The minimum atomic E-state index is -3.52. The van der Waals surface area contributed by atoms with E-state index in [1.807, 2.05) is 17.7 Å². The van der Waals surface area contributed by atoms with E-state index in [-0.39, 0.29) is 4.90 Å². The Labute approximate surface area is 116 Å². The van der Waals surface area contributed by atoms with E-state index in [2.05, 4.69) is 9.82 Å². The summed E-state index contributed by atoms with van der Waals surface area (Å²) in [5.41, 5.74) is 7.47. The molecule has 0 saturated carbocycles. The number of aromatic nitrogens is 2. The Bertz CT molecular complexity index is 645. The topological polar surface area (TPSA) is 90.0 Å². The van der Waals surface area contributed by atoms with Crippen molar-refractivity contribution in [2.45, 2.75) is 24.9 Å². The number of nitrogens with two attached hydrogens (primary N) is 1. The van der Waals surface area contributed by atoms with Crippen molar-refractivity contribution in [3.05, 3.63) is 34.3 Å². The molecule has 19 heavy (non-hydrogen) atoms. The first-order valence-corrected chi connectivity index (χ1v) is 8.19. The van der Waals surface area contributed by atoms with Crippen LogP contribution in [0.5, 0.6) is 0 Å². The van der Waals surface area contributed by atoms with Crippen molar-refractivity contribution >= 4 is 21.4 Å². The summed E-state index contributed by atoms with van der Waals surface area (Å²) in [7, 11) is -3.52. The molecule has 0 unspecified atom stereocenters. The summed E-state index contributed by atoms with van der Waals surface area (Å²) in [5.74, 6) is 0. The predicted octanol–water partition coefficient (Wildman–Crippen LogP) is 0.690. The van der Waals surface area contributed by atoms with E-state index < -0.39 is 10.0 Å². The summed E-state index contributed by atoms with van der Waals surface area (Å²) in [6, 6.07) is 0. The van der Waals surface area contributed by atoms with Gasteiger partial charge in [-0.1, -0.05) is 0 Å². The molecule has 2 heterocycles. The van der Waals surface area contributed by atoms with Crippen LogP contribution in [0.4, 0.5) is 0 Å². The van der Waals surface area contributed by atoms with Gasteiger partial charge < -0.3 is 5.73 Å². The van der Waals surface area contributed by atoms with Gasteiger partial charge in [-0.05, 0) is 28.8 Å². The van der Waals surface area contributed by atoms with Gasteiger partial charge in [0.25, 0.3) is 0 Å². The lowest BCUT2D eigenvalue weighted by molar-refractivity contribution is 0.580. The maximum absolute atomic E-state index is 12.1. The molecule has 0 fully saturated rings. The number of hydrogen-bond acceptors (Lipinski definition) is 5. The summed E-state index contributed by atoms with van der Waals surface area (Å²) in [4.78, 5) is 0.161. The molecule has 0 radical (unpaired) electrons. The molecule has 8 heteroatoms. The third-order valence-corrected chi connectivity index (χ3v) is 4.96. The molecule has 0 atom stereocenters. The zero-order valence-corrected chi connectivity index (χ0v) is 12.2. The van der Waals surface area contributed by atoms with Gasteiger partial charge in [-0.2, -0.15) is 16.4 Å². The van der Waals surface area contributed by atoms with E-state index in [1.165, 1.54) is 17.1 Å². The first-order valence-electron chi connectivity index (χ1n) is 5.77. The molecule has 2 aromatic heterocycles. The summed E-state index contributed by atoms with van der Waals surface area (Å²) in [6.45, 7) is 3.17. The van der Waals surface area contributed by atoms with Crippen LogP contribution in [-0.2, 0) is 23.1 Å². The van der Waals surface area contributed by atoms with Crippen LogP contribution < -0.4 is 10.5 Å². The summed E-state index contributed by atoms with van der Waals surface area (Å²) >= 11 is 1.56. The zero-order chi connectivity index (χ0) is 13.9. The molecule has 0 amide bonds. The van der Waals surface area contributed by atoms with Crippen molar-refractivity contribution in [2.24, 2.45) is 5.73 Å². The fraction of sp³-hybridized carbons (Fsp3) is 0.364. The van der Waals surface area contributed by atoms with E-state index >= 15 is 0 Å². The highest BCUT2D eigenvalue weighted by Gasteiger charge is 2.16. The van der Waals surface area contributed by atoms with E-state index in [4.69, 9.17) is 5.73 Å². The van der Waals surface area contributed by atoms with Crippen LogP contribution in [0.25, 0.3) is 0 Å². The number of nitrogens with zero attached hydrogens (tertiary/aromatic N) is 2. The van der Waals surface area contributed by atoms with Gasteiger partial charge in [0.2, 0.25) is 10.0 Å². The highest BCUT2D eigenvalue weighted by molar-refractivity contribution is 7.89. The van der Waals surface area contributed by atoms with Crippen LogP contribution in [0, 0.1) is 6.92 Å². The summed E-state index contributed by atoms with van der Waals surface area (Å²) < 4.78 is 28.2. The first-order chi connectivity index (χ1) is 9.03. The Morgan fingerprint density at radius 2 is 2.26 bits per heavy atom. The molecule has 0 aliphatic rings. The van der Waals surface area contributed by atoms with Crippen molar-refractivity contribution < 1.29 is 8.42 Å². The van der Waals surface area contributed by atoms with Gasteiger partial charge in [0, 0.05) is 19.3 Å². The van der Waals surface area contributed by atoms with Crippen LogP contribution in [0.3, 0.4) is 0 Å². The Morgan fingerprint density at radius 3 is 2.89 bits per heavy atom. The van der Waals surface area contributed by atoms with Gasteiger partial charge >= 0.3 is 0 Å². The van der Waals surface area contributed by atoms with E-state index in [9.17, 15) is 8.42 Å². The van der Waals surface area contributed by atoms with Crippen molar-refractivity contribution in [1.82, 2.24) is 14.5 Å². The van der Waals surface area contributed by atoms with Gasteiger partial charge in [0.1, 0.15) is 4.90 Å². The number of rotatable bonds is 6. The van der Waals surface area contributed by atoms with Crippen molar-refractivity contribution in [2.75, 3.05) is 6.54 Å². The standard InChI is InChI=1S/C11H16N4O2S2/c1-9-7-18-8-10(9)4-14-19(16,17)11-5-13-15(6-11)3-2-12/h5-8,14H,2-4,12H2,1H3. The molecule has 3 N–H and O–H groups in total. The van der Waals surface area contributed by atoms with Crippen LogP contribution in [0.15, 0.2) is 28.0 Å². The van der Waals surface area contributed by atoms with E-state index in [0.29, 0.717) is 19.6 Å². The second kappa shape index (κ2) is 5.83. The van der Waals surface area contributed by atoms with Crippen LogP contribution in [-0.4, -0.2) is 24.7 Å². The summed E-state index contributed by atoms with van der Waals surface area (Å²) in [6.07, 6.45) is 2.81. The highest BCUT2D eigenvalue weighted by Crippen LogP contribution is 2.14. The third-order valence-electron chi connectivity index (χ3n) is 2.69. The minimum Gasteiger partial charge on any atom is -0.329 e. The number of aryl methyl sites for hydroxylation is 1. The second-order valence-electron chi connectivity index (χ2n) is 4.13. The Morgan fingerprint density at radius 1 is 1.47 bits per heavy atom. The van der Waals surface area contributed by atoms with Crippen molar-refractivity contribution in [1.29, 1.82) is 0 Å². The SMILES string of the molecule is Cc1cscc1CNS(=O)(=O)c1cnn(CCN)c1. The van der Waals surface area contributed by atoms with Gasteiger partial charge in [-0.3, -0.25) is 4.68 Å². The first kappa shape index (κ1) is 14.2. The van der Waals surface area contributed by atoms with Crippen LogP contribution in [0.1, 0.15) is 11.1 Å². The maximum Gasteiger partial charge on any atom is 0.243 e. The predicted molar refractivity (Wildman–Crippen MR) is 74.4 cm³/mol. The quantitative estimate of drug-likeness (QED) is 0.821. The second-order valence-corrected chi connectivity index (χ2v) is 6.64. The van der Waals surface area contributed by atoms with Gasteiger partial charge in [0.05, 0.1) is 12.7 Å². The Balaban J connectivity index is 2.07. The average molecular weight is 300 g/mol. The molecule has 0 aromatic carbocycles. The molecule has 0 saturated heterocycles. The fourth-order valence-corrected chi connectivity index (χ4v) is 3.38. The lowest BCUT2D eigenvalue weighted by Gasteiger charge is -2.04. The highest BCUT2D eigenvalue weighted by atomic mass is 32.2. The summed E-state index contributed by atoms with van der Waals surface area (Å²) in [5, 5.41) is 7.88. The molecule has 0 aliphatic heterocycles. The van der Waals surface area contributed by atoms with Gasteiger partial charge in [-0.25, -0.2) is 13.1 Å². The van der Waals surface area contributed by atoms with Crippen LogP contribution in [0.2, 0.25) is 0 Å². The van der Waals surface area contributed by atoms with Crippen LogP contribution >= 0.6 is 11.3 Å². The van der Waals surface area contributed by atoms with Crippen molar-refractivity contribution in [3.8, 4) is 0 Å². The molecule has 104 valence electrons. The molecule has 2 rings (SSSR count). The zero-order valence-electron chi connectivity index (χ0n) is 10.5. The normalized spacial score (nSPS) is 11.9.